The number of hydrogen-bond donors (Lipinski definition) is 2. The van der Waals surface area contributed by atoms with Crippen LogP contribution in [0.1, 0.15) is 0 Å². The number of benzene rings is 1. The van der Waals surface area contributed by atoms with Crippen molar-refractivity contribution < 1.29 is 4.74 Å². The smallest absolute Gasteiger partial charge is 0.0915 e. The lowest BCUT2D eigenvalue weighted by Crippen LogP contribution is -2.26. The van der Waals surface area contributed by atoms with Gasteiger partial charge in [0.05, 0.1) is 17.5 Å². The van der Waals surface area contributed by atoms with Gasteiger partial charge >= 0.3 is 0 Å². The lowest BCUT2D eigenvalue weighted by atomic mass is 10.2. The van der Waals surface area contributed by atoms with E-state index in [0.717, 1.165) is 29.5 Å². The molecular formula is C10H13ClN2O. The molecule has 76 valence electrons. The summed E-state index contributed by atoms with van der Waals surface area (Å²) < 4.78 is 5.27. The second-order valence-electron chi connectivity index (χ2n) is 3.31. The van der Waals surface area contributed by atoms with Crippen LogP contribution >= 0.6 is 11.6 Å². The first-order chi connectivity index (χ1) is 6.79. The van der Waals surface area contributed by atoms with Crippen molar-refractivity contribution in [2.75, 3.05) is 30.8 Å². The third-order valence-electron chi connectivity index (χ3n) is 2.36. The van der Waals surface area contributed by atoms with E-state index in [1.165, 1.54) is 0 Å². The first-order valence-electron chi connectivity index (χ1n) is 4.59. The number of halogens is 1. The van der Waals surface area contributed by atoms with Crippen LogP contribution in [0.4, 0.5) is 11.4 Å². The molecule has 1 aliphatic heterocycles. The Morgan fingerprint density at radius 1 is 1.29 bits per heavy atom. The van der Waals surface area contributed by atoms with Gasteiger partial charge in [0.15, 0.2) is 0 Å². The van der Waals surface area contributed by atoms with Crippen LogP contribution in [0.15, 0.2) is 18.2 Å². The highest BCUT2D eigenvalue weighted by molar-refractivity contribution is 6.31. The molecule has 1 heterocycles. The van der Waals surface area contributed by atoms with Gasteiger partial charge in [0.1, 0.15) is 0 Å². The van der Waals surface area contributed by atoms with Crippen LogP contribution in [-0.2, 0) is 4.74 Å². The van der Waals surface area contributed by atoms with Crippen molar-refractivity contribution in [2.45, 2.75) is 6.10 Å². The predicted molar refractivity (Wildman–Crippen MR) is 59.2 cm³/mol. The normalized spacial score (nSPS) is 20.3. The van der Waals surface area contributed by atoms with Crippen LogP contribution in [0.5, 0.6) is 0 Å². The van der Waals surface area contributed by atoms with Crippen molar-refractivity contribution in [3.05, 3.63) is 23.2 Å². The average Bonchev–Trinajstić information content (AvgIpc) is 2.39. The summed E-state index contributed by atoms with van der Waals surface area (Å²) in [5.74, 6) is 0. The molecule has 0 aromatic heterocycles. The van der Waals surface area contributed by atoms with Crippen LogP contribution in [-0.4, -0.2) is 26.3 Å². The molecule has 2 N–H and O–H groups in total. The first kappa shape index (κ1) is 9.62. The molecule has 3 nitrogen and oxygen atoms in total. The zero-order valence-electron chi connectivity index (χ0n) is 8.01. The van der Waals surface area contributed by atoms with Crippen molar-refractivity contribution in [1.29, 1.82) is 0 Å². The summed E-state index contributed by atoms with van der Waals surface area (Å²) in [4.78, 5) is 0. The monoisotopic (exact) mass is 212 g/mol. The maximum Gasteiger partial charge on any atom is 0.0915 e. The number of ether oxygens (including phenoxy) is 1. The third kappa shape index (κ3) is 1.94. The van der Waals surface area contributed by atoms with Gasteiger partial charge in [-0.15, -0.1) is 0 Å². The predicted octanol–water partition coefficient (Wildman–Crippen LogP) is 2.19. The Balaban J connectivity index is 2.21. The Morgan fingerprint density at radius 3 is 2.71 bits per heavy atom. The fraction of sp³-hybridized carbons (Fsp3) is 0.400. The number of methoxy groups -OCH3 is 1. The van der Waals surface area contributed by atoms with E-state index in [9.17, 15) is 0 Å². The van der Waals surface area contributed by atoms with Crippen molar-refractivity contribution in [3.63, 3.8) is 0 Å². The summed E-state index contributed by atoms with van der Waals surface area (Å²) >= 11 is 5.90. The molecule has 1 aliphatic rings. The van der Waals surface area contributed by atoms with Crippen LogP contribution in [0.3, 0.4) is 0 Å². The molecule has 2 rings (SSSR count). The Bertz CT molecular complexity index is 330. The molecular weight excluding hydrogens is 200 g/mol. The van der Waals surface area contributed by atoms with E-state index in [4.69, 9.17) is 16.3 Å². The molecule has 1 atom stereocenters. The maximum atomic E-state index is 5.90. The second kappa shape index (κ2) is 4.07. The Labute approximate surface area is 88.4 Å². The molecule has 4 heteroatoms. The Hall–Kier alpha value is -0.930. The maximum absolute atomic E-state index is 5.90. The average molecular weight is 213 g/mol. The quantitative estimate of drug-likeness (QED) is 0.749. The summed E-state index contributed by atoms with van der Waals surface area (Å²) in [6.07, 6.45) is 0.196. The van der Waals surface area contributed by atoms with E-state index in [1.807, 2.05) is 18.2 Å². The van der Waals surface area contributed by atoms with E-state index in [0.29, 0.717) is 0 Å². The largest absolute Gasteiger partial charge is 0.381 e. The van der Waals surface area contributed by atoms with Crippen molar-refractivity contribution in [3.8, 4) is 0 Å². The van der Waals surface area contributed by atoms with Crippen LogP contribution in [0.2, 0.25) is 5.02 Å². The zero-order valence-corrected chi connectivity index (χ0v) is 8.77. The second-order valence-corrected chi connectivity index (χ2v) is 3.75. The molecule has 1 aromatic carbocycles. The van der Waals surface area contributed by atoms with Gasteiger partial charge in [-0.1, -0.05) is 11.6 Å². The molecule has 0 bridgehead atoms. The van der Waals surface area contributed by atoms with Crippen molar-refractivity contribution >= 4 is 23.0 Å². The molecule has 0 radical (unpaired) electrons. The van der Waals surface area contributed by atoms with Gasteiger partial charge in [0, 0.05) is 25.2 Å². The number of fused-ring (bicyclic) bond motifs is 1. The molecule has 0 spiro atoms. The molecule has 0 saturated carbocycles. The molecule has 0 amide bonds. The summed E-state index contributed by atoms with van der Waals surface area (Å²) in [6, 6.07) is 5.77. The van der Waals surface area contributed by atoms with Gasteiger partial charge in [-0.2, -0.15) is 0 Å². The van der Waals surface area contributed by atoms with Gasteiger partial charge in [-0.3, -0.25) is 0 Å². The van der Waals surface area contributed by atoms with Gasteiger partial charge in [0.25, 0.3) is 0 Å². The topological polar surface area (TPSA) is 33.3 Å². The summed E-state index contributed by atoms with van der Waals surface area (Å²) in [7, 11) is 1.72. The SMILES string of the molecule is COC1CNc2ccc(Cl)cc2NC1. The Kier molecular flexibility index (Phi) is 2.79. The first-order valence-corrected chi connectivity index (χ1v) is 4.97. The minimum atomic E-state index is 0.196. The van der Waals surface area contributed by atoms with Crippen LogP contribution in [0.25, 0.3) is 0 Å². The fourth-order valence-corrected chi connectivity index (χ4v) is 1.68. The minimum Gasteiger partial charge on any atom is -0.381 e. The molecule has 14 heavy (non-hydrogen) atoms. The Morgan fingerprint density at radius 2 is 2.00 bits per heavy atom. The van der Waals surface area contributed by atoms with E-state index in [2.05, 4.69) is 10.6 Å². The number of anilines is 2. The summed E-state index contributed by atoms with van der Waals surface area (Å²) in [6.45, 7) is 1.62. The number of nitrogens with one attached hydrogen (secondary N) is 2. The molecule has 1 aromatic rings. The molecule has 0 aliphatic carbocycles. The van der Waals surface area contributed by atoms with E-state index in [1.54, 1.807) is 7.11 Å². The molecule has 1 unspecified atom stereocenters. The number of hydrogen-bond acceptors (Lipinski definition) is 3. The van der Waals surface area contributed by atoms with Crippen LogP contribution in [0, 0.1) is 0 Å². The number of rotatable bonds is 1. The highest BCUT2D eigenvalue weighted by Crippen LogP contribution is 2.27. The van der Waals surface area contributed by atoms with E-state index >= 15 is 0 Å². The standard InChI is InChI=1S/C10H13ClN2O/c1-14-8-5-12-9-3-2-7(11)4-10(9)13-6-8/h2-4,8,12-13H,5-6H2,1H3. The van der Waals surface area contributed by atoms with Crippen molar-refractivity contribution in [2.24, 2.45) is 0 Å². The highest BCUT2D eigenvalue weighted by atomic mass is 35.5. The molecule has 0 fully saturated rings. The fourth-order valence-electron chi connectivity index (χ4n) is 1.50. The van der Waals surface area contributed by atoms with E-state index < -0.39 is 0 Å². The third-order valence-corrected chi connectivity index (χ3v) is 2.59. The lowest BCUT2D eigenvalue weighted by Gasteiger charge is -2.11. The van der Waals surface area contributed by atoms with E-state index in [-0.39, 0.29) is 6.10 Å². The van der Waals surface area contributed by atoms with Gasteiger partial charge in [-0.05, 0) is 18.2 Å². The summed E-state index contributed by atoms with van der Waals surface area (Å²) in [5.41, 5.74) is 2.12. The minimum absolute atomic E-state index is 0.196. The zero-order chi connectivity index (χ0) is 9.97. The molecule has 0 saturated heterocycles. The van der Waals surface area contributed by atoms with Crippen molar-refractivity contribution in [1.82, 2.24) is 0 Å². The highest BCUT2D eigenvalue weighted by Gasteiger charge is 2.13. The summed E-state index contributed by atoms with van der Waals surface area (Å²) in [5, 5.41) is 7.35. The van der Waals surface area contributed by atoms with Gasteiger partial charge < -0.3 is 15.4 Å². The van der Waals surface area contributed by atoms with Gasteiger partial charge in [0.2, 0.25) is 0 Å². The lowest BCUT2D eigenvalue weighted by molar-refractivity contribution is 0.124. The van der Waals surface area contributed by atoms with Gasteiger partial charge in [-0.25, -0.2) is 0 Å². The van der Waals surface area contributed by atoms with Crippen LogP contribution < -0.4 is 10.6 Å².